The highest BCUT2D eigenvalue weighted by Crippen LogP contribution is 2.32. The summed E-state index contributed by atoms with van der Waals surface area (Å²) in [5.41, 5.74) is 7.26. The first-order valence-corrected chi connectivity index (χ1v) is 6.34. The molecule has 2 N–H and O–H groups in total. The van der Waals surface area contributed by atoms with E-state index in [1.165, 1.54) is 5.56 Å². The zero-order chi connectivity index (χ0) is 11.5. The van der Waals surface area contributed by atoms with Gasteiger partial charge in [0, 0.05) is 11.8 Å². The lowest BCUT2D eigenvalue weighted by molar-refractivity contribution is 0.398. The Morgan fingerprint density at radius 3 is 2.53 bits per heavy atom. The molecule has 1 unspecified atom stereocenters. The molecule has 0 radical (unpaired) electrons. The minimum Gasteiger partial charge on any atom is -0.468 e. The van der Waals surface area contributed by atoms with E-state index in [1.807, 2.05) is 17.8 Å². The molecule has 3 heteroatoms. The molecule has 1 aromatic rings. The van der Waals surface area contributed by atoms with Gasteiger partial charge in [-0.25, -0.2) is 0 Å². The van der Waals surface area contributed by atoms with E-state index >= 15 is 0 Å². The van der Waals surface area contributed by atoms with Crippen LogP contribution in [-0.4, -0.2) is 11.8 Å². The smallest absolute Gasteiger partial charge is 0.116 e. The molecule has 15 heavy (non-hydrogen) atoms. The van der Waals surface area contributed by atoms with Crippen LogP contribution in [0.5, 0.6) is 0 Å². The maximum Gasteiger partial charge on any atom is 0.116 e. The van der Waals surface area contributed by atoms with E-state index in [1.54, 1.807) is 6.26 Å². The van der Waals surface area contributed by atoms with Crippen LogP contribution in [0.3, 0.4) is 0 Å². The Morgan fingerprint density at radius 1 is 1.47 bits per heavy atom. The standard InChI is InChI=1S/C12H21NOS/c1-9-5-6-14-10(9)8-15-11(7-13)12(2,3)4/h5-6,11H,7-8,13H2,1-4H3. The first-order valence-electron chi connectivity index (χ1n) is 5.29. The van der Waals surface area contributed by atoms with Gasteiger partial charge in [-0.1, -0.05) is 20.8 Å². The monoisotopic (exact) mass is 227 g/mol. The fourth-order valence-corrected chi connectivity index (χ4v) is 2.68. The van der Waals surface area contributed by atoms with Crippen molar-refractivity contribution in [3.8, 4) is 0 Å². The molecule has 0 aliphatic carbocycles. The summed E-state index contributed by atoms with van der Waals surface area (Å²) < 4.78 is 5.41. The van der Waals surface area contributed by atoms with Crippen molar-refractivity contribution in [3.05, 3.63) is 23.7 Å². The van der Waals surface area contributed by atoms with Gasteiger partial charge in [-0.2, -0.15) is 0 Å². The van der Waals surface area contributed by atoms with E-state index in [9.17, 15) is 0 Å². The summed E-state index contributed by atoms with van der Waals surface area (Å²) >= 11 is 1.88. The van der Waals surface area contributed by atoms with E-state index in [2.05, 4.69) is 27.7 Å². The Kier molecular flexibility index (Phi) is 4.29. The molecule has 0 amide bonds. The van der Waals surface area contributed by atoms with Gasteiger partial charge in [-0.3, -0.25) is 0 Å². The van der Waals surface area contributed by atoms with Crippen LogP contribution in [-0.2, 0) is 5.75 Å². The number of furan rings is 1. The molecule has 0 aromatic carbocycles. The van der Waals surface area contributed by atoms with Crippen LogP contribution >= 0.6 is 11.8 Å². The number of hydrogen-bond acceptors (Lipinski definition) is 3. The number of aryl methyl sites for hydroxylation is 1. The molecule has 0 saturated carbocycles. The van der Waals surface area contributed by atoms with Crippen molar-refractivity contribution in [2.45, 2.75) is 38.7 Å². The predicted octanol–water partition coefficient (Wildman–Crippen LogP) is 3.19. The van der Waals surface area contributed by atoms with Crippen molar-refractivity contribution in [2.24, 2.45) is 11.1 Å². The maximum atomic E-state index is 5.78. The van der Waals surface area contributed by atoms with E-state index in [-0.39, 0.29) is 5.41 Å². The van der Waals surface area contributed by atoms with E-state index in [4.69, 9.17) is 10.2 Å². The molecule has 1 rings (SSSR count). The topological polar surface area (TPSA) is 39.2 Å². The quantitative estimate of drug-likeness (QED) is 0.858. The van der Waals surface area contributed by atoms with Crippen LogP contribution in [0, 0.1) is 12.3 Å². The minimum absolute atomic E-state index is 0.250. The molecule has 0 fully saturated rings. The van der Waals surface area contributed by atoms with Gasteiger partial charge < -0.3 is 10.2 Å². The number of nitrogens with two attached hydrogens (primary N) is 1. The lowest BCUT2D eigenvalue weighted by Crippen LogP contribution is -2.31. The number of hydrogen-bond donors (Lipinski definition) is 1. The zero-order valence-corrected chi connectivity index (χ0v) is 10.9. The molecule has 86 valence electrons. The molecule has 2 nitrogen and oxygen atoms in total. The van der Waals surface area contributed by atoms with E-state index in [0.717, 1.165) is 11.5 Å². The molecule has 0 aliphatic heterocycles. The summed E-state index contributed by atoms with van der Waals surface area (Å²) in [6, 6.07) is 2.00. The minimum atomic E-state index is 0.250. The normalized spacial score (nSPS) is 14.2. The molecule has 0 saturated heterocycles. The van der Waals surface area contributed by atoms with Crippen molar-refractivity contribution in [1.29, 1.82) is 0 Å². The second-order valence-electron chi connectivity index (χ2n) is 4.93. The number of rotatable bonds is 4. The van der Waals surface area contributed by atoms with Gasteiger partial charge in [0.1, 0.15) is 5.76 Å². The summed E-state index contributed by atoms with van der Waals surface area (Å²) in [6.45, 7) is 9.48. The summed E-state index contributed by atoms with van der Waals surface area (Å²) in [7, 11) is 0. The summed E-state index contributed by atoms with van der Waals surface area (Å²) in [4.78, 5) is 0. The second-order valence-corrected chi connectivity index (χ2v) is 6.12. The second kappa shape index (κ2) is 5.08. The van der Waals surface area contributed by atoms with Crippen LogP contribution in [0.25, 0.3) is 0 Å². The predicted molar refractivity (Wildman–Crippen MR) is 67.0 cm³/mol. The highest BCUT2D eigenvalue weighted by molar-refractivity contribution is 7.99. The van der Waals surface area contributed by atoms with E-state index < -0.39 is 0 Å². The van der Waals surface area contributed by atoms with Crippen molar-refractivity contribution in [2.75, 3.05) is 6.54 Å². The van der Waals surface area contributed by atoms with Crippen LogP contribution < -0.4 is 5.73 Å². The van der Waals surface area contributed by atoms with Crippen LogP contribution in [0.4, 0.5) is 0 Å². The largest absolute Gasteiger partial charge is 0.468 e. The molecular formula is C12H21NOS. The molecule has 0 spiro atoms. The Bertz CT molecular complexity index is 301. The Labute approximate surface area is 96.6 Å². The molecule has 0 aliphatic rings. The highest BCUT2D eigenvalue weighted by Gasteiger charge is 2.24. The Hall–Kier alpha value is -0.410. The summed E-state index contributed by atoms with van der Waals surface area (Å²) in [6.07, 6.45) is 1.75. The van der Waals surface area contributed by atoms with Crippen molar-refractivity contribution in [3.63, 3.8) is 0 Å². The fraction of sp³-hybridized carbons (Fsp3) is 0.667. The number of thioether (sulfide) groups is 1. The SMILES string of the molecule is Cc1ccoc1CSC(CN)C(C)(C)C. The molecule has 0 bridgehead atoms. The third-order valence-corrected chi connectivity index (χ3v) is 4.29. The van der Waals surface area contributed by atoms with Gasteiger partial charge in [0.25, 0.3) is 0 Å². The molecule has 1 atom stereocenters. The van der Waals surface area contributed by atoms with Gasteiger partial charge in [-0.05, 0) is 24.0 Å². The third-order valence-electron chi connectivity index (χ3n) is 2.56. The summed E-state index contributed by atoms with van der Waals surface area (Å²) in [5.74, 6) is 1.99. The Morgan fingerprint density at radius 2 is 2.13 bits per heavy atom. The Balaban J connectivity index is 2.52. The van der Waals surface area contributed by atoms with Crippen LogP contribution in [0.15, 0.2) is 16.7 Å². The van der Waals surface area contributed by atoms with Gasteiger partial charge >= 0.3 is 0 Å². The fourth-order valence-electron chi connectivity index (χ4n) is 1.40. The van der Waals surface area contributed by atoms with Gasteiger partial charge in [0.2, 0.25) is 0 Å². The molecular weight excluding hydrogens is 206 g/mol. The van der Waals surface area contributed by atoms with Crippen LogP contribution in [0.1, 0.15) is 32.1 Å². The van der Waals surface area contributed by atoms with Crippen molar-refractivity contribution in [1.82, 2.24) is 0 Å². The first kappa shape index (κ1) is 12.7. The van der Waals surface area contributed by atoms with E-state index in [0.29, 0.717) is 11.8 Å². The van der Waals surface area contributed by atoms with Crippen molar-refractivity contribution < 1.29 is 4.42 Å². The van der Waals surface area contributed by atoms with Gasteiger partial charge in [0.15, 0.2) is 0 Å². The highest BCUT2D eigenvalue weighted by atomic mass is 32.2. The average molecular weight is 227 g/mol. The van der Waals surface area contributed by atoms with Crippen LogP contribution in [0.2, 0.25) is 0 Å². The van der Waals surface area contributed by atoms with Crippen molar-refractivity contribution >= 4 is 11.8 Å². The lowest BCUT2D eigenvalue weighted by Gasteiger charge is -2.28. The molecule has 1 heterocycles. The average Bonchev–Trinajstić information content (AvgIpc) is 2.50. The molecule has 1 aromatic heterocycles. The maximum absolute atomic E-state index is 5.78. The van der Waals surface area contributed by atoms with Gasteiger partial charge in [-0.15, -0.1) is 11.8 Å². The zero-order valence-electron chi connectivity index (χ0n) is 10.0. The third kappa shape index (κ3) is 3.58. The summed E-state index contributed by atoms with van der Waals surface area (Å²) in [5, 5.41) is 0.474. The van der Waals surface area contributed by atoms with Gasteiger partial charge in [0.05, 0.1) is 12.0 Å². The lowest BCUT2D eigenvalue weighted by atomic mass is 9.92. The first-order chi connectivity index (χ1) is 6.95.